The van der Waals surface area contributed by atoms with Gasteiger partial charge in [-0.2, -0.15) is 23.4 Å². The van der Waals surface area contributed by atoms with Gasteiger partial charge in [0.25, 0.3) is 0 Å². The summed E-state index contributed by atoms with van der Waals surface area (Å²) in [5, 5.41) is 8.69. The van der Waals surface area contributed by atoms with E-state index in [4.69, 9.17) is 0 Å². The lowest BCUT2D eigenvalue weighted by Gasteiger charge is -2.17. The van der Waals surface area contributed by atoms with E-state index in [1.54, 1.807) is 0 Å². The van der Waals surface area contributed by atoms with Gasteiger partial charge in [-0.05, 0) is 92.1 Å². The van der Waals surface area contributed by atoms with Crippen LogP contribution in [-0.4, -0.2) is 13.1 Å². The molecular formula is C24H24F3N5. The van der Waals surface area contributed by atoms with Gasteiger partial charge in [-0.15, -0.1) is 0 Å². The number of azo groups is 1. The Bertz CT molecular complexity index is 1070. The molecule has 1 aliphatic heterocycles. The lowest BCUT2D eigenvalue weighted by Crippen LogP contribution is -2.17. The Balaban J connectivity index is 1.35. The van der Waals surface area contributed by atoms with E-state index in [9.17, 15) is 13.2 Å². The van der Waals surface area contributed by atoms with Gasteiger partial charge >= 0.3 is 6.18 Å². The van der Waals surface area contributed by atoms with Gasteiger partial charge in [0.15, 0.2) is 0 Å². The fraction of sp³-hybridized carbons (Fsp3) is 0.250. The number of hydrogen-bond donors (Lipinski definition) is 2. The van der Waals surface area contributed by atoms with Crippen molar-refractivity contribution in [3.63, 3.8) is 0 Å². The maximum atomic E-state index is 12.7. The molecule has 1 saturated heterocycles. The molecule has 8 heteroatoms. The number of aryl methyl sites for hydroxylation is 1. The van der Waals surface area contributed by atoms with Crippen molar-refractivity contribution in [3.8, 4) is 0 Å². The number of alkyl halides is 3. The van der Waals surface area contributed by atoms with Crippen LogP contribution in [0.25, 0.3) is 0 Å². The second-order valence-corrected chi connectivity index (χ2v) is 7.74. The minimum atomic E-state index is -4.34. The topological polar surface area (TPSA) is 52.0 Å². The van der Waals surface area contributed by atoms with E-state index in [2.05, 4.69) is 38.1 Å². The van der Waals surface area contributed by atoms with Gasteiger partial charge in [0.1, 0.15) is 0 Å². The molecule has 0 spiro atoms. The van der Waals surface area contributed by atoms with Crippen LogP contribution in [0.15, 0.2) is 77.0 Å². The number of benzene rings is 3. The molecule has 0 saturated carbocycles. The van der Waals surface area contributed by atoms with E-state index in [1.807, 2.05) is 37.3 Å². The highest BCUT2D eigenvalue weighted by molar-refractivity contribution is 5.59. The predicted octanol–water partition coefficient (Wildman–Crippen LogP) is 7.47. The molecule has 1 fully saturated rings. The average Bonchev–Trinajstić information content (AvgIpc) is 3.32. The van der Waals surface area contributed by atoms with Crippen molar-refractivity contribution in [2.45, 2.75) is 25.9 Å². The van der Waals surface area contributed by atoms with Gasteiger partial charge in [-0.1, -0.05) is 0 Å². The molecule has 2 N–H and O–H groups in total. The number of halogens is 3. The van der Waals surface area contributed by atoms with Crippen molar-refractivity contribution < 1.29 is 13.2 Å². The Kier molecular flexibility index (Phi) is 6.30. The maximum absolute atomic E-state index is 12.7. The first-order chi connectivity index (χ1) is 15.4. The van der Waals surface area contributed by atoms with Crippen LogP contribution in [0, 0.1) is 6.92 Å². The van der Waals surface area contributed by atoms with Gasteiger partial charge in [0.05, 0.1) is 28.3 Å². The molecule has 1 aliphatic rings. The largest absolute Gasteiger partial charge is 0.416 e. The van der Waals surface area contributed by atoms with Gasteiger partial charge in [0, 0.05) is 18.8 Å². The van der Waals surface area contributed by atoms with Gasteiger partial charge in [-0.3, -0.25) is 0 Å². The smallest absolute Gasteiger partial charge is 0.372 e. The van der Waals surface area contributed by atoms with Crippen molar-refractivity contribution in [2.24, 2.45) is 10.2 Å². The number of nitrogens with one attached hydrogen (secondary N) is 2. The van der Waals surface area contributed by atoms with Crippen LogP contribution < -0.4 is 15.8 Å². The summed E-state index contributed by atoms with van der Waals surface area (Å²) in [7, 11) is 0. The fourth-order valence-electron chi connectivity index (χ4n) is 3.55. The van der Waals surface area contributed by atoms with E-state index >= 15 is 0 Å². The van der Waals surface area contributed by atoms with E-state index in [0.717, 1.165) is 47.8 Å². The van der Waals surface area contributed by atoms with E-state index in [0.29, 0.717) is 5.69 Å². The first kappa shape index (κ1) is 21.7. The minimum Gasteiger partial charge on any atom is -0.372 e. The second-order valence-electron chi connectivity index (χ2n) is 7.74. The summed E-state index contributed by atoms with van der Waals surface area (Å²) in [5.74, 6) is 0. The summed E-state index contributed by atoms with van der Waals surface area (Å²) in [6.07, 6.45) is -1.86. The standard InChI is InChI=1S/C24H24F3N5/c1-17-16-21(30-28-19-6-4-18(5-7-19)24(25,26)27)10-13-23(17)31-29-20-8-11-22(12-9-20)32-14-2-3-15-32/h4-13,16,28,30H,2-3,14-15H2,1H3/b31-29+. The molecule has 3 aromatic carbocycles. The fourth-order valence-corrected chi connectivity index (χ4v) is 3.55. The van der Waals surface area contributed by atoms with Gasteiger partial charge in [-0.25, -0.2) is 0 Å². The summed E-state index contributed by atoms with van der Waals surface area (Å²) in [6, 6.07) is 18.5. The summed E-state index contributed by atoms with van der Waals surface area (Å²) >= 11 is 0. The predicted molar refractivity (Wildman–Crippen MR) is 122 cm³/mol. The second kappa shape index (κ2) is 9.30. The molecule has 1 heterocycles. The number of hydrazine groups is 1. The molecule has 166 valence electrons. The lowest BCUT2D eigenvalue weighted by atomic mass is 10.2. The number of anilines is 3. The molecule has 0 aliphatic carbocycles. The quantitative estimate of drug-likeness (QED) is 0.309. The van der Waals surface area contributed by atoms with Crippen molar-refractivity contribution in [2.75, 3.05) is 28.8 Å². The third-order valence-corrected chi connectivity index (χ3v) is 5.35. The third-order valence-electron chi connectivity index (χ3n) is 5.35. The van der Waals surface area contributed by atoms with Crippen molar-refractivity contribution in [1.82, 2.24) is 0 Å². The number of rotatable bonds is 6. The zero-order valence-corrected chi connectivity index (χ0v) is 17.7. The number of nitrogens with zero attached hydrogens (tertiary/aromatic N) is 3. The van der Waals surface area contributed by atoms with Crippen LogP contribution in [0.4, 0.5) is 41.6 Å². The molecule has 0 bridgehead atoms. The molecule has 0 atom stereocenters. The summed E-state index contributed by atoms with van der Waals surface area (Å²) in [6.45, 7) is 4.14. The van der Waals surface area contributed by atoms with Crippen LogP contribution in [-0.2, 0) is 6.18 Å². The van der Waals surface area contributed by atoms with Crippen molar-refractivity contribution >= 4 is 28.4 Å². The van der Waals surface area contributed by atoms with Crippen LogP contribution in [0.2, 0.25) is 0 Å². The van der Waals surface area contributed by atoms with Crippen LogP contribution in [0.3, 0.4) is 0 Å². The molecule has 0 amide bonds. The Hall–Kier alpha value is -3.55. The van der Waals surface area contributed by atoms with E-state index in [1.165, 1.54) is 30.7 Å². The SMILES string of the molecule is Cc1cc(NNc2ccc(C(F)(F)F)cc2)ccc1/N=N/c1ccc(N2CCCC2)cc1. The third kappa shape index (κ3) is 5.38. The Morgan fingerprint density at radius 2 is 1.41 bits per heavy atom. The van der Waals surface area contributed by atoms with Crippen molar-refractivity contribution in [3.05, 3.63) is 77.9 Å². The normalized spacial score (nSPS) is 14.2. The molecule has 4 rings (SSSR count). The highest BCUT2D eigenvalue weighted by Crippen LogP contribution is 2.30. The molecule has 0 radical (unpaired) electrons. The molecule has 3 aromatic rings. The monoisotopic (exact) mass is 439 g/mol. The Morgan fingerprint density at radius 1 is 0.781 bits per heavy atom. The average molecular weight is 439 g/mol. The van der Waals surface area contributed by atoms with E-state index < -0.39 is 11.7 Å². The van der Waals surface area contributed by atoms with E-state index in [-0.39, 0.29) is 0 Å². The van der Waals surface area contributed by atoms with Crippen molar-refractivity contribution in [1.29, 1.82) is 0 Å². The highest BCUT2D eigenvalue weighted by atomic mass is 19.4. The summed E-state index contributed by atoms with van der Waals surface area (Å²) < 4.78 is 38.0. The van der Waals surface area contributed by atoms with Crippen LogP contribution >= 0.6 is 0 Å². The summed E-state index contributed by atoms with van der Waals surface area (Å²) in [4.78, 5) is 2.37. The van der Waals surface area contributed by atoms with Gasteiger partial charge < -0.3 is 15.8 Å². The Morgan fingerprint density at radius 3 is 2.03 bits per heavy atom. The first-order valence-electron chi connectivity index (χ1n) is 10.5. The van der Waals surface area contributed by atoms with Crippen LogP contribution in [0.1, 0.15) is 24.0 Å². The maximum Gasteiger partial charge on any atom is 0.416 e. The zero-order chi connectivity index (χ0) is 22.6. The number of hydrogen-bond acceptors (Lipinski definition) is 5. The molecule has 0 aromatic heterocycles. The molecule has 0 unspecified atom stereocenters. The zero-order valence-electron chi connectivity index (χ0n) is 17.7. The first-order valence-corrected chi connectivity index (χ1v) is 10.5. The summed E-state index contributed by atoms with van der Waals surface area (Å²) in [5.41, 5.74) is 10.2. The lowest BCUT2D eigenvalue weighted by molar-refractivity contribution is -0.137. The highest BCUT2D eigenvalue weighted by Gasteiger charge is 2.29. The Labute approximate surface area is 185 Å². The van der Waals surface area contributed by atoms with Crippen LogP contribution in [0.5, 0.6) is 0 Å². The van der Waals surface area contributed by atoms with Gasteiger partial charge in [0.2, 0.25) is 0 Å². The molecule has 5 nitrogen and oxygen atoms in total. The minimum absolute atomic E-state index is 0.525. The molecule has 32 heavy (non-hydrogen) atoms. The molecular weight excluding hydrogens is 415 g/mol.